The number of amides is 2. The third kappa shape index (κ3) is 4.24. The summed E-state index contributed by atoms with van der Waals surface area (Å²) in [6, 6.07) is 17.5. The van der Waals surface area contributed by atoms with Crippen molar-refractivity contribution >= 4 is 23.2 Å². The van der Waals surface area contributed by atoms with E-state index in [2.05, 4.69) is 15.6 Å². The van der Waals surface area contributed by atoms with Gasteiger partial charge in [0.05, 0.1) is 16.9 Å². The maximum atomic E-state index is 12.3. The van der Waals surface area contributed by atoms with Crippen LogP contribution in [0.25, 0.3) is 0 Å². The Balaban J connectivity index is 1.59. The molecule has 3 aromatic rings. The van der Waals surface area contributed by atoms with Crippen LogP contribution in [0.2, 0.25) is 0 Å². The van der Waals surface area contributed by atoms with E-state index in [4.69, 9.17) is 5.73 Å². The molecule has 4 N–H and O–H groups in total. The van der Waals surface area contributed by atoms with Gasteiger partial charge in [-0.25, -0.2) is 0 Å². The number of para-hydroxylation sites is 2. The van der Waals surface area contributed by atoms with Crippen molar-refractivity contribution in [2.75, 3.05) is 11.1 Å². The van der Waals surface area contributed by atoms with Crippen molar-refractivity contribution in [1.82, 2.24) is 10.3 Å². The monoisotopic (exact) mass is 346 g/mol. The summed E-state index contributed by atoms with van der Waals surface area (Å²) in [6.45, 7) is 0.362. The van der Waals surface area contributed by atoms with Crippen LogP contribution in [-0.2, 0) is 6.54 Å². The van der Waals surface area contributed by atoms with E-state index in [9.17, 15) is 9.59 Å². The number of carbonyl (C=O) groups excluding carboxylic acids is 2. The molecule has 0 bridgehead atoms. The van der Waals surface area contributed by atoms with Gasteiger partial charge in [0.1, 0.15) is 0 Å². The number of hydrogen-bond acceptors (Lipinski definition) is 4. The predicted octanol–water partition coefficient (Wildman–Crippen LogP) is 2.85. The predicted molar refractivity (Wildman–Crippen MR) is 101 cm³/mol. The molecule has 2 amide bonds. The van der Waals surface area contributed by atoms with Gasteiger partial charge in [-0.1, -0.05) is 24.3 Å². The molecule has 0 atom stereocenters. The Kier molecular flexibility index (Phi) is 5.24. The number of nitrogens with zero attached hydrogens (tertiary/aromatic N) is 1. The second-order valence-electron chi connectivity index (χ2n) is 5.66. The number of benzene rings is 2. The first-order valence-corrected chi connectivity index (χ1v) is 8.06. The normalized spacial score (nSPS) is 10.2. The van der Waals surface area contributed by atoms with Gasteiger partial charge in [-0.15, -0.1) is 0 Å². The number of hydrogen-bond donors (Lipinski definition) is 3. The number of carbonyl (C=O) groups is 2. The summed E-state index contributed by atoms with van der Waals surface area (Å²) in [5.74, 6) is -0.437. The summed E-state index contributed by atoms with van der Waals surface area (Å²) in [4.78, 5) is 28.2. The molecular formula is C20H18N4O2. The zero-order valence-corrected chi connectivity index (χ0v) is 14.0. The Morgan fingerprint density at radius 3 is 2.35 bits per heavy atom. The molecule has 130 valence electrons. The van der Waals surface area contributed by atoms with E-state index in [0.717, 1.165) is 5.56 Å². The molecule has 0 aliphatic rings. The van der Waals surface area contributed by atoms with Gasteiger partial charge in [0.25, 0.3) is 11.8 Å². The molecule has 0 saturated carbocycles. The lowest BCUT2D eigenvalue weighted by Gasteiger charge is -2.09. The van der Waals surface area contributed by atoms with Crippen LogP contribution in [0.5, 0.6) is 0 Å². The minimum absolute atomic E-state index is 0.195. The van der Waals surface area contributed by atoms with Crippen molar-refractivity contribution in [2.24, 2.45) is 0 Å². The number of nitrogen functional groups attached to an aromatic ring is 1. The average molecular weight is 346 g/mol. The van der Waals surface area contributed by atoms with Crippen LogP contribution in [0.15, 0.2) is 73.1 Å². The van der Waals surface area contributed by atoms with Crippen LogP contribution in [0.3, 0.4) is 0 Å². The number of pyridine rings is 1. The van der Waals surface area contributed by atoms with Gasteiger partial charge in [0.2, 0.25) is 0 Å². The standard InChI is InChI=1S/C20H18N4O2/c21-17-5-1-2-6-18(17)24-20(26)15-9-7-14(8-10-15)12-23-19(25)16-4-3-11-22-13-16/h1-11,13H,12,21H2,(H,23,25)(H,24,26). The summed E-state index contributed by atoms with van der Waals surface area (Å²) < 4.78 is 0. The number of aromatic nitrogens is 1. The third-order valence-corrected chi connectivity index (χ3v) is 3.80. The third-order valence-electron chi connectivity index (χ3n) is 3.80. The van der Waals surface area contributed by atoms with E-state index >= 15 is 0 Å². The van der Waals surface area contributed by atoms with E-state index in [1.54, 1.807) is 66.9 Å². The Bertz CT molecular complexity index is 909. The Morgan fingerprint density at radius 1 is 0.885 bits per heavy atom. The van der Waals surface area contributed by atoms with Gasteiger partial charge in [0, 0.05) is 24.5 Å². The molecule has 0 saturated heterocycles. The molecule has 6 nitrogen and oxygen atoms in total. The van der Waals surface area contributed by atoms with E-state index in [0.29, 0.717) is 29.0 Å². The van der Waals surface area contributed by atoms with Crippen molar-refractivity contribution in [2.45, 2.75) is 6.54 Å². The summed E-state index contributed by atoms with van der Waals surface area (Å²) in [5, 5.41) is 5.59. The molecule has 1 heterocycles. The average Bonchev–Trinajstić information content (AvgIpc) is 2.69. The fraction of sp³-hybridized carbons (Fsp3) is 0.0500. The molecule has 26 heavy (non-hydrogen) atoms. The minimum Gasteiger partial charge on any atom is -0.397 e. The van der Waals surface area contributed by atoms with Crippen molar-refractivity contribution in [3.63, 3.8) is 0 Å². The van der Waals surface area contributed by atoms with Crippen molar-refractivity contribution in [3.05, 3.63) is 89.7 Å². The molecule has 0 spiro atoms. The lowest BCUT2D eigenvalue weighted by molar-refractivity contribution is 0.0949. The van der Waals surface area contributed by atoms with Gasteiger partial charge in [-0.2, -0.15) is 0 Å². The van der Waals surface area contributed by atoms with Crippen LogP contribution in [-0.4, -0.2) is 16.8 Å². The summed E-state index contributed by atoms with van der Waals surface area (Å²) in [6.07, 6.45) is 3.13. The van der Waals surface area contributed by atoms with Gasteiger partial charge < -0.3 is 16.4 Å². The molecule has 1 aromatic heterocycles. The first-order valence-electron chi connectivity index (χ1n) is 8.06. The number of nitrogens with two attached hydrogens (primary N) is 1. The van der Waals surface area contributed by atoms with Crippen LogP contribution in [0, 0.1) is 0 Å². The zero-order valence-electron chi connectivity index (χ0n) is 14.0. The number of rotatable bonds is 5. The van der Waals surface area contributed by atoms with Crippen LogP contribution >= 0.6 is 0 Å². The fourth-order valence-electron chi connectivity index (χ4n) is 2.36. The zero-order chi connectivity index (χ0) is 18.4. The second-order valence-corrected chi connectivity index (χ2v) is 5.66. The quantitative estimate of drug-likeness (QED) is 0.619. The van der Waals surface area contributed by atoms with Crippen molar-refractivity contribution in [1.29, 1.82) is 0 Å². The highest BCUT2D eigenvalue weighted by Gasteiger charge is 2.08. The topological polar surface area (TPSA) is 97.1 Å². The van der Waals surface area contributed by atoms with E-state index in [-0.39, 0.29) is 11.8 Å². The molecule has 0 aliphatic heterocycles. The Labute approximate surface area is 151 Å². The molecule has 3 rings (SSSR count). The maximum Gasteiger partial charge on any atom is 0.255 e. The van der Waals surface area contributed by atoms with E-state index in [1.807, 2.05) is 0 Å². The van der Waals surface area contributed by atoms with Gasteiger partial charge in [-0.05, 0) is 42.0 Å². The molecular weight excluding hydrogens is 328 g/mol. The van der Waals surface area contributed by atoms with Crippen LogP contribution in [0.4, 0.5) is 11.4 Å². The summed E-state index contributed by atoms with van der Waals surface area (Å²) in [5.41, 5.74) is 8.81. The summed E-state index contributed by atoms with van der Waals surface area (Å²) in [7, 11) is 0. The highest BCUT2D eigenvalue weighted by atomic mass is 16.2. The minimum atomic E-state index is -0.242. The smallest absolute Gasteiger partial charge is 0.255 e. The largest absolute Gasteiger partial charge is 0.397 e. The maximum absolute atomic E-state index is 12.3. The SMILES string of the molecule is Nc1ccccc1NC(=O)c1ccc(CNC(=O)c2cccnc2)cc1. The van der Waals surface area contributed by atoms with Gasteiger partial charge >= 0.3 is 0 Å². The van der Waals surface area contributed by atoms with E-state index in [1.165, 1.54) is 6.20 Å². The van der Waals surface area contributed by atoms with Gasteiger partial charge in [-0.3, -0.25) is 14.6 Å². The fourth-order valence-corrected chi connectivity index (χ4v) is 2.36. The molecule has 0 fully saturated rings. The van der Waals surface area contributed by atoms with Crippen molar-refractivity contribution in [3.8, 4) is 0 Å². The van der Waals surface area contributed by atoms with Crippen LogP contribution < -0.4 is 16.4 Å². The highest BCUT2D eigenvalue weighted by molar-refractivity contribution is 6.05. The molecule has 6 heteroatoms. The lowest BCUT2D eigenvalue weighted by atomic mass is 10.1. The lowest BCUT2D eigenvalue weighted by Crippen LogP contribution is -2.22. The summed E-state index contributed by atoms with van der Waals surface area (Å²) >= 11 is 0. The molecule has 0 aliphatic carbocycles. The molecule has 0 radical (unpaired) electrons. The second kappa shape index (κ2) is 7.94. The highest BCUT2D eigenvalue weighted by Crippen LogP contribution is 2.18. The molecule has 0 unspecified atom stereocenters. The molecule has 2 aromatic carbocycles. The van der Waals surface area contributed by atoms with Gasteiger partial charge in [0.15, 0.2) is 0 Å². The Morgan fingerprint density at radius 2 is 1.65 bits per heavy atom. The van der Waals surface area contributed by atoms with Crippen LogP contribution in [0.1, 0.15) is 26.3 Å². The number of nitrogens with one attached hydrogen (secondary N) is 2. The van der Waals surface area contributed by atoms with E-state index < -0.39 is 0 Å². The van der Waals surface area contributed by atoms with Crippen molar-refractivity contribution < 1.29 is 9.59 Å². The first kappa shape index (κ1) is 17.2. The number of anilines is 2. The Hall–Kier alpha value is -3.67. The first-order chi connectivity index (χ1) is 12.6.